The average molecular weight is 220 g/mol. The van der Waals surface area contributed by atoms with E-state index in [4.69, 9.17) is 4.42 Å². The minimum absolute atomic E-state index is 0.204. The fraction of sp³-hybridized carbons (Fsp3) is 0.364. The molecule has 1 N–H and O–H groups in total. The first-order valence-electron chi connectivity index (χ1n) is 5.07. The summed E-state index contributed by atoms with van der Waals surface area (Å²) in [6.45, 7) is 3.03. The van der Waals surface area contributed by atoms with Gasteiger partial charge in [-0.3, -0.25) is 0 Å². The Labute approximate surface area is 92.1 Å². The van der Waals surface area contributed by atoms with Crippen LogP contribution in [0.1, 0.15) is 27.4 Å². The number of furan rings is 1. The van der Waals surface area contributed by atoms with E-state index in [1.54, 1.807) is 17.6 Å². The number of aryl methyl sites for hydroxylation is 1. The van der Waals surface area contributed by atoms with E-state index in [0.29, 0.717) is 0 Å². The highest BCUT2D eigenvalue weighted by atomic mass is 32.1. The Balaban J connectivity index is 2.06. The van der Waals surface area contributed by atoms with E-state index >= 15 is 0 Å². The van der Waals surface area contributed by atoms with Crippen molar-refractivity contribution in [1.29, 1.82) is 0 Å². The molecule has 1 unspecified atom stereocenters. The van der Waals surface area contributed by atoms with Gasteiger partial charge in [0.2, 0.25) is 0 Å². The van der Waals surface area contributed by atoms with Crippen LogP contribution in [0.3, 0.4) is 0 Å². The Hall–Kier alpha value is -1.13. The van der Waals surface area contributed by atoms with E-state index in [2.05, 4.69) is 17.2 Å². The molecule has 3 nitrogen and oxygen atoms in total. The third-order valence-electron chi connectivity index (χ3n) is 2.63. The van der Waals surface area contributed by atoms with E-state index < -0.39 is 0 Å². The van der Waals surface area contributed by atoms with Crippen molar-refractivity contribution in [3.63, 3.8) is 0 Å². The number of hydrogen-bond donors (Lipinski definition) is 1. The minimum atomic E-state index is 0.204. The molecule has 0 saturated carbocycles. The number of fused-ring (bicyclic) bond motifs is 1. The lowest BCUT2D eigenvalue weighted by Crippen LogP contribution is -2.29. The quantitative estimate of drug-likeness (QED) is 0.801. The largest absolute Gasteiger partial charge is 0.467 e. The van der Waals surface area contributed by atoms with Crippen LogP contribution in [-0.2, 0) is 6.42 Å². The molecule has 15 heavy (non-hydrogen) atoms. The van der Waals surface area contributed by atoms with Crippen LogP contribution < -0.4 is 5.32 Å². The van der Waals surface area contributed by atoms with Gasteiger partial charge in [0.25, 0.3) is 0 Å². The van der Waals surface area contributed by atoms with Gasteiger partial charge in [-0.1, -0.05) is 0 Å². The van der Waals surface area contributed by atoms with Crippen LogP contribution in [0, 0.1) is 6.92 Å². The maximum absolute atomic E-state index is 5.46. The Morgan fingerprint density at radius 1 is 1.60 bits per heavy atom. The molecular formula is C11H12N2OS. The van der Waals surface area contributed by atoms with Crippen LogP contribution in [0.5, 0.6) is 0 Å². The van der Waals surface area contributed by atoms with Crippen LogP contribution in [0.25, 0.3) is 0 Å². The molecule has 0 amide bonds. The van der Waals surface area contributed by atoms with Gasteiger partial charge in [-0.2, -0.15) is 0 Å². The lowest BCUT2D eigenvalue weighted by molar-refractivity contribution is 0.438. The summed E-state index contributed by atoms with van der Waals surface area (Å²) in [5.41, 5.74) is 1.23. The molecule has 78 valence electrons. The third kappa shape index (κ3) is 1.50. The Morgan fingerprint density at radius 3 is 3.33 bits per heavy atom. The van der Waals surface area contributed by atoms with Crippen molar-refractivity contribution in [1.82, 2.24) is 10.3 Å². The molecule has 0 aliphatic carbocycles. The summed E-state index contributed by atoms with van der Waals surface area (Å²) < 4.78 is 5.46. The molecule has 2 aromatic rings. The van der Waals surface area contributed by atoms with Gasteiger partial charge in [-0.05, 0) is 19.1 Å². The van der Waals surface area contributed by atoms with Crippen LogP contribution in [-0.4, -0.2) is 11.5 Å². The predicted octanol–water partition coefficient (Wildman–Crippen LogP) is 2.28. The monoisotopic (exact) mass is 220 g/mol. The van der Waals surface area contributed by atoms with Gasteiger partial charge >= 0.3 is 0 Å². The zero-order valence-electron chi connectivity index (χ0n) is 8.49. The summed E-state index contributed by atoms with van der Waals surface area (Å²) in [7, 11) is 0. The summed E-state index contributed by atoms with van der Waals surface area (Å²) >= 11 is 1.76. The molecule has 3 heterocycles. The van der Waals surface area contributed by atoms with Crippen molar-refractivity contribution in [2.75, 3.05) is 6.54 Å². The fourth-order valence-corrected chi connectivity index (χ4v) is 3.06. The summed E-state index contributed by atoms with van der Waals surface area (Å²) in [4.78, 5) is 5.86. The smallest absolute Gasteiger partial charge is 0.126 e. The van der Waals surface area contributed by atoms with Crippen molar-refractivity contribution in [3.8, 4) is 0 Å². The Morgan fingerprint density at radius 2 is 2.53 bits per heavy atom. The number of nitrogens with one attached hydrogen (secondary N) is 1. The number of hydrogen-bond acceptors (Lipinski definition) is 4. The molecular weight excluding hydrogens is 208 g/mol. The Bertz CT molecular complexity index is 461. The van der Waals surface area contributed by atoms with Crippen LogP contribution in [0.2, 0.25) is 0 Å². The zero-order valence-corrected chi connectivity index (χ0v) is 9.30. The van der Waals surface area contributed by atoms with Gasteiger partial charge in [0.15, 0.2) is 0 Å². The second-order valence-corrected chi connectivity index (χ2v) is 4.93. The predicted molar refractivity (Wildman–Crippen MR) is 59.1 cm³/mol. The summed E-state index contributed by atoms with van der Waals surface area (Å²) in [5, 5.41) is 4.61. The first-order valence-corrected chi connectivity index (χ1v) is 5.89. The van der Waals surface area contributed by atoms with Crippen LogP contribution in [0.4, 0.5) is 0 Å². The Kier molecular flexibility index (Phi) is 2.11. The average Bonchev–Trinajstić information content (AvgIpc) is 2.82. The standard InChI is InChI=1S/C11H12N2OS/c1-7-13-8-4-5-12-10(11(8)15-7)9-3-2-6-14-9/h2-3,6,10,12H,4-5H2,1H3. The number of nitrogens with zero attached hydrogens (tertiary/aromatic N) is 1. The molecule has 0 aromatic carbocycles. The zero-order chi connectivity index (χ0) is 10.3. The van der Waals surface area contributed by atoms with E-state index in [0.717, 1.165) is 23.7 Å². The SMILES string of the molecule is Cc1nc2c(s1)C(c1ccco1)NCC2. The fourth-order valence-electron chi connectivity index (χ4n) is 2.00. The van der Waals surface area contributed by atoms with Crippen LogP contribution in [0.15, 0.2) is 22.8 Å². The van der Waals surface area contributed by atoms with Gasteiger partial charge < -0.3 is 9.73 Å². The molecule has 1 atom stereocenters. The maximum Gasteiger partial charge on any atom is 0.126 e. The van der Waals surface area contributed by atoms with E-state index in [1.807, 2.05) is 12.1 Å². The van der Waals surface area contributed by atoms with Gasteiger partial charge in [0, 0.05) is 13.0 Å². The molecule has 0 fully saturated rings. The van der Waals surface area contributed by atoms with E-state index in [9.17, 15) is 0 Å². The first kappa shape index (κ1) is 9.12. The molecule has 0 radical (unpaired) electrons. The van der Waals surface area contributed by atoms with Gasteiger partial charge in [-0.15, -0.1) is 11.3 Å². The van der Waals surface area contributed by atoms with E-state index in [-0.39, 0.29) is 6.04 Å². The van der Waals surface area contributed by atoms with Crippen molar-refractivity contribution in [2.45, 2.75) is 19.4 Å². The maximum atomic E-state index is 5.46. The summed E-state index contributed by atoms with van der Waals surface area (Å²) in [6.07, 6.45) is 2.75. The second kappa shape index (κ2) is 3.47. The van der Waals surface area contributed by atoms with Gasteiger partial charge in [0.05, 0.1) is 21.8 Å². The number of rotatable bonds is 1. The molecule has 4 heteroatoms. The normalized spacial score (nSPS) is 20.2. The van der Waals surface area contributed by atoms with Crippen molar-refractivity contribution in [2.24, 2.45) is 0 Å². The molecule has 1 aliphatic heterocycles. The second-order valence-electron chi connectivity index (χ2n) is 3.70. The minimum Gasteiger partial charge on any atom is -0.467 e. The number of thiazole rings is 1. The van der Waals surface area contributed by atoms with Gasteiger partial charge in [-0.25, -0.2) is 4.98 Å². The highest BCUT2D eigenvalue weighted by Gasteiger charge is 2.26. The van der Waals surface area contributed by atoms with Crippen molar-refractivity contribution in [3.05, 3.63) is 39.7 Å². The molecule has 2 aromatic heterocycles. The van der Waals surface area contributed by atoms with Crippen molar-refractivity contribution >= 4 is 11.3 Å². The molecule has 1 aliphatic rings. The van der Waals surface area contributed by atoms with Crippen LogP contribution >= 0.6 is 11.3 Å². The molecule has 0 saturated heterocycles. The lowest BCUT2D eigenvalue weighted by atomic mass is 10.1. The molecule has 0 bridgehead atoms. The summed E-state index contributed by atoms with van der Waals surface area (Å²) in [5.74, 6) is 0.986. The first-order chi connectivity index (χ1) is 7.34. The summed E-state index contributed by atoms with van der Waals surface area (Å²) in [6, 6.07) is 4.15. The van der Waals surface area contributed by atoms with E-state index in [1.165, 1.54) is 10.6 Å². The highest BCUT2D eigenvalue weighted by molar-refractivity contribution is 7.11. The number of aromatic nitrogens is 1. The topological polar surface area (TPSA) is 38.1 Å². The highest BCUT2D eigenvalue weighted by Crippen LogP contribution is 2.33. The lowest BCUT2D eigenvalue weighted by Gasteiger charge is -2.20. The van der Waals surface area contributed by atoms with Gasteiger partial charge in [0.1, 0.15) is 11.8 Å². The third-order valence-corrected chi connectivity index (χ3v) is 3.71. The van der Waals surface area contributed by atoms with Crippen molar-refractivity contribution < 1.29 is 4.42 Å². The molecule has 3 rings (SSSR count). The molecule has 0 spiro atoms.